The van der Waals surface area contributed by atoms with Gasteiger partial charge in [0.15, 0.2) is 0 Å². The Bertz CT molecular complexity index is 665. The number of nitrogens with one attached hydrogen (secondary N) is 3. The minimum Gasteiger partial charge on any atom is -0.344 e. The Hall–Kier alpha value is -2.37. The molecule has 0 saturated heterocycles. The van der Waals surface area contributed by atoms with Crippen LogP contribution in [0.2, 0.25) is 0 Å². The van der Waals surface area contributed by atoms with Crippen molar-refractivity contribution in [3.8, 4) is 0 Å². The van der Waals surface area contributed by atoms with Crippen LogP contribution in [-0.4, -0.2) is 31.4 Å². The van der Waals surface area contributed by atoms with Crippen molar-refractivity contribution in [3.05, 3.63) is 66.2 Å². The van der Waals surface area contributed by atoms with Gasteiger partial charge in [-0.15, -0.1) is 12.4 Å². The van der Waals surface area contributed by atoms with E-state index in [1.807, 2.05) is 67.7 Å². The first-order chi connectivity index (χ1) is 12.2. The number of halogens is 1. The molecule has 2 amide bonds. The highest BCUT2D eigenvalue weighted by Crippen LogP contribution is 2.09. The van der Waals surface area contributed by atoms with Crippen LogP contribution in [0.3, 0.4) is 0 Å². The zero-order valence-corrected chi connectivity index (χ0v) is 15.7. The van der Waals surface area contributed by atoms with Crippen molar-refractivity contribution in [2.24, 2.45) is 0 Å². The van der Waals surface area contributed by atoms with Crippen LogP contribution in [0.4, 0.5) is 5.69 Å². The van der Waals surface area contributed by atoms with Gasteiger partial charge in [0.2, 0.25) is 11.8 Å². The number of carbonyl (C=O) groups excluding carboxylic acids is 2. The van der Waals surface area contributed by atoms with Gasteiger partial charge >= 0.3 is 0 Å². The number of benzene rings is 2. The van der Waals surface area contributed by atoms with Gasteiger partial charge in [-0.2, -0.15) is 0 Å². The second-order valence-electron chi connectivity index (χ2n) is 5.87. The maximum atomic E-state index is 12.6. The summed E-state index contributed by atoms with van der Waals surface area (Å²) in [6.45, 7) is 0.771. The van der Waals surface area contributed by atoms with Crippen molar-refractivity contribution in [3.63, 3.8) is 0 Å². The van der Waals surface area contributed by atoms with E-state index in [1.165, 1.54) is 0 Å². The van der Waals surface area contributed by atoms with Gasteiger partial charge in [-0.25, -0.2) is 0 Å². The molecule has 0 aliphatic heterocycles. The predicted molar refractivity (Wildman–Crippen MR) is 108 cm³/mol. The van der Waals surface area contributed by atoms with Gasteiger partial charge in [0.25, 0.3) is 0 Å². The van der Waals surface area contributed by atoms with Crippen LogP contribution in [0.25, 0.3) is 0 Å². The highest BCUT2D eigenvalue weighted by Gasteiger charge is 2.21. The fraction of sp³-hybridized carbons (Fsp3) is 0.300. The molecule has 0 aliphatic rings. The van der Waals surface area contributed by atoms with Crippen LogP contribution in [0.5, 0.6) is 0 Å². The molecule has 0 radical (unpaired) electrons. The Kier molecular flexibility index (Phi) is 10.1. The van der Waals surface area contributed by atoms with Crippen molar-refractivity contribution in [1.29, 1.82) is 0 Å². The summed E-state index contributed by atoms with van der Waals surface area (Å²) in [7, 11) is 1.85. The normalized spacial score (nSPS) is 11.1. The van der Waals surface area contributed by atoms with Crippen LogP contribution >= 0.6 is 12.4 Å². The molecular formula is C20H26ClN3O2. The Morgan fingerprint density at radius 3 is 2.19 bits per heavy atom. The lowest BCUT2D eigenvalue weighted by Crippen LogP contribution is -2.45. The van der Waals surface area contributed by atoms with Gasteiger partial charge in [0.05, 0.1) is 0 Å². The molecular weight excluding hydrogens is 350 g/mol. The van der Waals surface area contributed by atoms with Gasteiger partial charge < -0.3 is 16.0 Å². The van der Waals surface area contributed by atoms with Crippen LogP contribution in [0.1, 0.15) is 18.4 Å². The molecule has 2 aromatic rings. The Morgan fingerprint density at radius 2 is 1.58 bits per heavy atom. The lowest BCUT2D eigenvalue weighted by Gasteiger charge is -2.19. The van der Waals surface area contributed by atoms with Crippen LogP contribution in [0, 0.1) is 0 Å². The fourth-order valence-corrected chi connectivity index (χ4v) is 2.50. The van der Waals surface area contributed by atoms with E-state index < -0.39 is 6.04 Å². The molecule has 0 spiro atoms. The molecule has 0 bridgehead atoms. The molecule has 0 saturated carbocycles. The van der Waals surface area contributed by atoms with E-state index in [-0.39, 0.29) is 24.2 Å². The second kappa shape index (κ2) is 12.1. The van der Waals surface area contributed by atoms with Gasteiger partial charge in [-0.1, -0.05) is 48.5 Å². The predicted octanol–water partition coefficient (Wildman–Crippen LogP) is 2.77. The molecule has 26 heavy (non-hydrogen) atoms. The smallest absolute Gasteiger partial charge is 0.247 e. The fourth-order valence-electron chi connectivity index (χ4n) is 2.50. The quantitative estimate of drug-likeness (QED) is 0.590. The topological polar surface area (TPSA) is 70.2 Å². The third-order valence-corrected chi connectivity index (χ3v) is 3.81. The van der Waals surface area contributed by atoms with Crippen LogP contribution < -0.4 is 16.0 Å². The molecule has 0 aliphatic carbocycles. The molecule has 5 nitrogen and oxygen atoms in total. The first-order valence-electron chi connectivity index (χ1n) is 8.53. The third kappa shape index (κ3) is 7.68. The maximum absolute atomic E-state index is 12.6. The van der Waals surface area contributed by atoms with Gasteiger partial charge in [0, 0.05) is 18.5 Å². The largest absolute Gasteiger partial charge is 0.344 e. The van der Waals surface area contributed by atoms with E-state index in [4.69, 9.17) is 0 Å². The van der Waals surface area contributed by atoms with Crippen molar-refractivity contribution < 1.29 is 9.59 Å². The van der Waals surface area contributed by atoms with E-state index >= 15 is 0 Å². The summed E-state index contributed by atoms with van der Waals surface area (Å²) in [5.74, 6) is -0.323. The van der Waals surface area contributed by atoms with E-state index in [1.54, 1.807) is 0 Å². The molecule has 3 N–H and O–H groups in total. The van der Waals surface area contributed by atoms with Crippen molar-refractivity contribution in [1.82, 2.24) is 10.6 Å². The number of amides is 2. The minimum absolute atomic E-state index is 0. The summed E-state index contributed by atoms with van der Waals surface area (Å²) in [4.78, 5) is 24.8. The van der Waals surface area contributed by atoms with Crippen molar-refractivity contribution in [2.75, 3.05) is 18.9 Å². The monoisotopic (exact) mass is 375 g/mol. The summed E-state index contributed by atoms with van der Waals surface area (Å²) in [5.41, 5.74) is 1.72. The Balaban J connectivity index is 0.00000338. The molecule has 1 atom stereocenters. The van der Waals surface area contributed by atoms with Gasteiger partial charge in [-0.05, 0) is 37.7 Å². The lowest BCUT2D eigenvalue weighted by atomic mass is 10.0. The molecule has 0 fully saturated rings. The summed E-state index contributed by atoms with van der Waals surface area (Å²) in [5, 5.41) is 8.75. The molecule has 140 valence electrons. The average molecular weight is 376 g/mol. The van der Waals surface area contributed by atoms with Crippen LogP contribution in [-0.2, 0) is 16.0 Å². The standard InChI is InChI=1S/C20H25N3O2.ClH/c1-21-14-8-13-19(24)23-18(15-16-9-4-2-5-10-16)20(25)22-17-11-6-3-7-12-17;/h2-7,9-12,18,21H,8,13-15H2,1H3,(H,22,25)(H,23,24);1H. The van der Waals surface area contributed by atoms with Crippen molar-refractivity contribution in [2.45, 2.75) is 25.3 Å². The first kappa shape index (κ1) is 21.7. The Morgan fingerprint density at radius 1 is 0.962 bits per heavy atom. The molecule has 0 aromatic heterocycles. The molecule has 2 rings (SSSR count). The summed E-state index contributed by atoms with van der Waals surface area (Å²) < 4.78 is 0. The third-order valence-electron chi connectivity index (χ3n) is 3.81. The van der Waals surface area contributed by atoms with E-state index in [0.717, 1.165) is 24.2 Å². The van der Waals surface area contributed by atoms with E-state index in [2.05, 4.69) is 16.0 Å². The molecule has 2 aromatic carbocycles. The Labute approximate surface area is 161 Å². The molecule has 0 heterocycles. The first-order valence-corrected chi connectivity index (χ1v) is 8.53. The molecule has 6 heteroatoms. The number of carbonyl (C=O) groups is 2. The summed E-state index contributed by atoms with van der Waals surface area (Å²) in [6.07, 6.45) is 1.59. The van der Waals surface area contributed by atoms with Gasteiger partial charge in [0.1, 0.15) is 6.04 Å². The summed E-state index contributed by atoms with van der Waals surface area (Å²) >= 11 is 0. The average Bonchev–Trinajstić information content (AvgIpc) is 2.63. The van der Waals surface area contributed by atoms with E-state index in [0.29, 0.717) is 12.8 Å². The zero-order valence-electron chi connectivity index (χ0n) is 14.9. The van der Waals surface area contributed by atoms with Crippen LogP contribution in [0.15, 0.2) is 60.7 Å². The second-order valence-corrected chi connectivity index (χ2v) is 5.87. The SMILES string of the molecule is CNCCCC(=O)NC(Cc1ccccc1)C(=O)Nc1ccccc1.Cl. The number of para-hydroxylation sites is 1. The number of rotatable bonds is 9. The number of hydrogen-bond acceptors (Lipinski definition) is 3. The van der Waals surface area contributed by atoms with Gasteiger partial charge in [-0.3, -0.25) is 9.59 Å². The number of hydrogen-bond donors (Lipinski definition) is 3. The minimum atomic E-state index is -0.607. The lowest BCUT2D eigenvalue weighted by molar-refractivity contribution is -0.126. The van der Waals surface area contributed by atoms with E-state index in [9.17, 15) is 9.59 Å². The highest BCUT2D eigenvalue weighted by atomic mass is 35.5. The zero-order chi connectivity index (χ0) is 17.9. The van der Waals surface area contributed by atoms with Crippen molar-refractivity contribution >= 4 is 29.9 Å². The summed E-state index contributed by atoms with van der Waals surface area (Å²) in [6, 6.07) is 18.3. The maximum Gasteiger partial charge on any atom is 0.247 e. The molecule has 1 unspecified atom stereocenters. The highest BCUT2D eigenvalue weighted by molar-refractivity contribution is 5.97. The number of anilines is 1.